The average Bonchev–Trinajstić information content (AvgIpc) is 2.21. The molecule has 0 aliphatic carbocycles. The van der Waals surface area contributed by atoms with E-state index in [1.807, 2.05) is 12.1 Å². The van der Waals surface area contributed by atoms with Crippen molar-refractivity contribution in [3.05, 3.63) is 23.2 Å². The summed E-state index contributed by atoms with van der Waals surface area (Å²) < 4.78 is 0. The Kier molecular flexibility index (Phi) is 4.90. The molecule has 4 N–H and O–H groups in total. The van der Waals surface area contributed by atoms with Crippen LogP contribution in [0, 0.1) is 5.92 Å². The summed E-state index contributed by atoms with van der Waals surface area (Å²) in [7, 11) is 0. The lowest BCUT2D eigenvalue weighted by atomic mass is 10.0. The van der Waals surface area contributed by atoms with Crippen LogP contribution in [0.15, 0.2) is 18.2 Å². The second kappa shape index (κ2) is 5.97. The van der Waals surface area contributed by atoms with E-state index in [2.05, 4.69) is 19.2 Å². The first-order chi connectivity index (χ1) is 7.56. The van der Waals surface area contributed by atoms with E-state index in [1.54, 1.807) is 6.07 Å². The maximum absolute atomic E-state index is 9.00. The van der Waals surface area contributed by atoms with Crippen LogP contribution in [0.25, 0.3) is 0 Å². The number of nitrogens with one attached hydrogen (secondary N) is 1. The molecule has 0 saturated carbocycles. The van der Waals surface area contributed by atoms with Crippen LogP contribution in [0.3, 0.4) is 0 Å². The zero-order valence-electron chi connectivity index (χ0n) is 9.70. The van der Waals surface area contributed by atoms with Gasteiger partial charge in [0.25, 0.3) is 0 Å². The Morgan fingerprint density at radius 3 is 2.62 bits per heavy atom. The van der Waals surface area contributed by atoms with E-state index in [0.29, 0.717) is 23.0 Å². The minimum absolute atomic E-state index is 0.153. The SMILES string of the molecule is CC(C)C(CCO)Nc1c(N)cccc1Cl. The van der Waals surface area contributed by atoms with Gasteiger partial charge in [-0.25, -0.2) is 0 Å². The van der Waals surface area contributed by atoms with Crippen LogP contribution in [-0.4, -0.2) is 17.8 Å². The number of aliphatic hydroxyl groups excluding tert-OH is 1. The predicted octanol–water partition coefficient (Wildman–Crippen LogP) is 2.74. The fraction of sp³-hybridized carbons (Fsp3) is 0.500. The number of aliphatic hydroxyl groups is 1. The van der Waals surface area contributed by atoms with Crippen LogP contribution in [-0.2, 0) is 0 Å². The quantitative estimate of drug-likeness (QED) is 0.696. The summed E-state index contributed by atoms with van der Waals surface area (Å²) in [6.45, 7) is 4.35. The molecule has 1 rings (SSSR count). The lowest BCUT2D eigenvalue weighted by molar-refractivity contribution is 0.267. The summed E-state index contributed by atoms with van der Waals surface area (Å²) in [5.74, 6) is 0.405. The third-order valence-electron chi connectivity index (χ3n) is 2.62. The molecule has 1 unspecified atom stereocenters. The van der Waals surface area contributed by atoms with Gasteiger partial charge in [-0.2, -0.15) is 0 Å². The molecule has 0 aromatic heterocycles. The standard InChI is InChI=1S/C12H19ClN2O/c1-8(2)11(6-7-16)15-12-9(13)4-3-5-10(12)14/h3-5,8,11,15-16H,6-7,14H2,1-2H3. The van der Waals surface area contributed by atoms with Crippen molar-refractivity contribution in [2.45, 2.75) is 26.3 Å². The van der Waals surface area contributed by atoms with Gasteiger partial charge in [0.15, 0.2) is 0 Å². The van der Waals surface area contributed by atoms with Crippen LogP contribution >= 0.6 is 11.6 Å². The van der Waals surface area contributed by atoms with Crippen molar-refractivity contribution < 1.29 is 5.11 Å². The summed E-state index contributed by atoms with van der Waals surface area (Å²) in [6.07, 6.45) is 0.683. The zero-order chi connectivity index (χ0) is 12.1. The molecule has 3 nitrogen and oxygen atoms in total. The fourth-order valence-electron chi connectivity index (χ4n) is 1.59. The molecule has 0 bridgehead atoms. The van der Waals surface area contributed by atoms with Crippen LogP contribution < -0.4 is 11.1 Å². The number of rotatable bonds is 5. The van der Waals surface area contributed by atoms with E-state index in [0.717, 1.165) is 5.69 Å². The van der Waals surface area contributed by atoms with E-state index in [-0.39, 0.29) is 12.6 Å². The molecule has 1 atom stereocenters. The molecule has 1 aromatic carbocycles. The minimum Gasteiger partial charge on any atom is -0.397 e. The summed E-state index contributed by atoms with van der Waals surface area (Å²) in [6, 6.07) is 5.60. The number of hydrogen-bond acceptors (Lipinski definition) is 3. The van der Waals surface area contributed by atoms with Crippen molar-refractivity contribution in [3.8, 4) is 0 Å². The number of hydrogen-bond donors (Lipinski definition) is 3. The van der Waals surface area contributed by atoms with Crippen molar-refractivity contribution in [2.75, 3.05) is 17.7 Å². The smallest absolute Gasteiger partial charge is 0.0765 e. The second-order valence-corrected chi connectivity index (χ2v) is 4.62. The second-order valence-electron chi connectivity index (χ2n) is 4.21. The van der Waals surface area contributed by atoms with Crippen LogP contribution in [0.5, 0.6) is 0 Å². The van der Waals surface area contributed by atoms with Crippen molar-refractivity contribution >= 4 is 23.0 Å². The molecule has 90 valence electrons. The molecule has 0 radical (unpaired) electrons. The number of benzene rings is 1. The monoisotopic (exact) mass is 242 g/mol. The highest BCUT2D eigenvalue weighted by atomic mass is 35.5. The highest BCUT2D eigenvalue weighted by molar-refractivity contribution is 6.33. The summed E-state index contributed by atoms with van der Waals surface area (Å²) >= 11 is 6.07. The van der Waals surface area contributed by atoms with Crippen molar-refractivity contribution in [1.29, 1.82) is 0 Å². The Morgan fingerprint density at radius 1 is 1.44 bits per heavy atom. The largest absolute Gasteiger partial charge is 0.397 e. The molecule has 4 heteroatoms. The van der Waals surface area contributed by atoms with E-state index >= 15 is 0 Å². The maximum Gasteiger partial charge on any atom is 0.0765 e. The summed E-state index contributed by atoms with van der Waals surface area (Å²) in [5, 5.41) is 12.9. The topological polar surface area (TPSA) is 58.3 Å². The van der Waals surface area contributed by atoms with E-state index in [1.165, 1.54) is 0 Å². The molecule has 1 aromatic rings. The Morgan fingerprint density at radius 2 is 2.12 bits per heavy atom. The first-order valence-corrected chi connectivity index (χ1v) is 5.85. The first kappa shape index (κ1) is 13.1. The molecule has 0 aliphatic heterocycles. The number of halogens is 1. The molecular formula is C12H19ClN2O. The van der Waals surface area contributed by atoms with Gasteiger partial charge in [-0.3, -0.25) is 0 Å². The van der Waals surface area contributed by atoms with Gasteiger partial charge in [0.1, 0.15) is 0 Å². The van der Waals surface area contributed by atoms with Crippen molar-refractivity contribution in [3.63, 3.8) is 0 Å². The number of anilines is 2. The molecule has 0 spiro atoms. The first-order valence-electron chi connectivity index (χ1n) is 5.47. The molecule has 16 heavy (non-hydrogen) atoms. The summed E-state index contributed by atoms with van der Waals surface area (Å²) in [5.41, 5.74) is 7.25. The fourth-order valence-corrected chi connectivity index (χ4v) is 1.83. The minimum atomic E-state index is 0.153. The Balaban J connectivity index is 2.84. The van der Waals surface area contributed by atoms with Crippen molar-refractivity contribution in [1.82, 2.24) is 0 Å². The molecule has 0 aliphatic rings. The van der Waals surface area contributed by atoms with Crippen LogP contribution in [0.1, 0.15) is 20.3 Å². The third kappa shape index (κ3) is 3.29. The number of para-hydroxylation sites is 1. The summed E-state index contributed by atoms with van der Waals surface area (Å²) in [4.78, 5) is 0. The number of nitrogen functional groups attached to an aromatic ring is 1. The van der Waals surface area contributed by atoms with E-state index in [4.69, 9.17) is 22.4 Å². The maximum atomic E-state index is 9.00. The highest BCUT2D eigenvalue weighted by Gasteiger charge is 2.15. The van der Waals surface area contributed by atoms with Gasteiger partial charge in [0, 0.05) is 12.6 Å². The van der Waals surface area contributed by atoms with Gasteiger partial charge in [-0.1, -0.05) is 31.5 Å². The highest BCUT2D eigenvalue weighted by Crippen LogP contribution is 2.29. The van der Waals surface area contributed by atoms with Gasteiger partial charge in [-0.15, -0.1) is 0 Å². The Hall–Kier alpha value is -0.930. The van der Waals surface area contributed by atoms with E-state index in [9.17, 15) is 0 Å². The van der Waals surface area contributed by atoms with E-state index < -0.39 is 0 Å². The van der Waals surface area contributed by atoms with Gasteiger partial charge < -0.3 is 16.2 Å². The molecule has 0 saturated heterocycles. The molecule has 0 fully saturated rings. The zero-order valence-corrected chi connectivity index (χ0v) is 10.5. The molecule has 0 amide bonds. The van der Waals surface area contributed by atoms with Crippen LogP contribution in [0.2, 0.25) is 5.02 Å². The van der Waals surface area contributed by atoms with Gasteiger partial charge >= 0.3 is 0 Å². The van der Waals surface area contributed by atoms with Crippen LogP contribution in [0.4, 0.5) is 11.4 Å². The number of nitrogens with two attached hydrogens (primary N) is 1. The van der Waals surface area contributed by atoms with Crippen molar-refractivity contribution in [2.24, 2.45) is 5.92 Å². The average molecular weight is 243 g/mol. The third-order valence-corrected chi connectivity index (χ3v) is 2.94. The Labute approximate surface area is 102 Å². The van der Waals surface area contributed by atoms with Gasteiger partial charge in [-0.05, 0) is 24.5 Å². The molecular weight excluding hydrogens is 224 g/mol. The lowest BCUT2D eigenvalue weighted by Crippen LogP contribution is -2.27. The molecule has 0 heterocycles. The predicted molar refractivity (Wildman–Crippen MR) is 69.8 cm³/mol. The Bertz CT molecular complexity index is 322. The van der Waals surface area contributed by atoms with Gasteiger partial charge in [0.05, 0.1) is 16.4 Å². The lowest BCUT2D eigenvalue weighted by Gasteiger charge is -2.24. The van der Waals surface area contributed by atoms with Gasteiger partial charge in [0.2, 0.25) is 0 Å². The normalized spacial score (nSPS) is 12.8.